The van der Waals surface area contributed by atoms with Crippen LogP contribution in [0.25, 0.3) is 11.0 Å². The third-order valence-corrected chi connectivity index (χ3v) is 7.79. The van der Waals surface area contributed by atoms with E-state index in [-0.39, 0.29) is 36.1 Å². The van der Waals surface area contributed by atoms with Crippen molar-refractivity contribution in [3.63, 3.8) is 0 Å². The number of hydrogen-bond donors (Lipinski definition) is 0. The molecule has 7 nitrogen and oxygen atoms in total. The Morgan fingerprint density at radius 1 is 1.12 bits per heavy atom. The van der Waals surface area contributed by atoms with Crippen molar-refractivity contribution in [3.05, 3.63) is 58.9 Å². The van der Waals surface area contributed by atoms with E-state index in [1.54, 1.807) is 23.2 Å². The molecule has 3 aliphatic rings. The summed E-state index contributed by atoms with van der Waals surface area (Å²) in [5.41, 5.74) is 2.01. The molecule has 0 unspecified atom stereocenters. The third-order valence-electron chi connectivity index (χ3n) is 7.55. The van der Waals surface area contributed by atoms with Crippen molar-refractivity contribution < 1.29 is 14.4 Å². The van der Waals surface area contributed by atoms with Crippen molar-refractivity contribution >= 4 is 40.1 Å². The van der Waals surface area contributed by atoms with Gasteiger partial charge in [0.25, 0.3) is 0 Å². The highest BCUT2D eigenvalue weighted by molar-refractivity contribution is 6.30. The van der Waals surface area contributed by atoms with Gasteiger partial charge in [0, 0.05) is 30.6 Å². The smallest absolute Gasteiger partial charge is 0.245 e. The van der Waals surface area contributed by atoms with Crippen molar-refractivity contribution in [2.24, 2.45) is 11.8 Å². The number of aromatic nitrogens is 3. The first-order valence-electron chi connectivity index (χ1n) is 11.8. The minimum absolute atomic E-state index is 0.0254. The van der Waals surface area contributed by atoms with Crippen LogP contribution in [0.1, 0.15) is 54.6 Å². The third kappa shape index (κ3) is 3.72. The summed E-state index contributed by atoms with van der Waals surface area (Å²) in [6, 6.07) is 11.2. The van der Waals surface area contributed by atoms with Crippen LogP contribution in [0.3, 0.4) is 0 Å². The summed E-state index contributed by atoms with van der Waals surface area (Å²) in [7, 11) is 0. The summed E-state index contributed by atoms with van der Waals surface area (Å²) in [5.74, 6) is 0.964. The number of rotatable bonds is 7. The molecule has 1 aliphatic heterocycles. The maximum absolute atomic E-state index is 13.4. The van der Waals surface area contributed by atoms with E-state index in [9.17, 15) is 14.4 Å². The SMILES string of the molecule is CC(=O)c1nn(CC(=O)N2[C@@H]3C[C@@H]3C[C@H]2C(=O)C[C@H]2C[C@@H]2c2cccc(Cl)c2)c2ncccc12. The van der Waals surface area contributed by atoms with E-state index in [1.165, 1.54) is 17.2 Å². The average molecular weight is 477 g/mol. The molecule has 1 amide bonds. The predicted octanol–water partition coefficient (Wildman–Crippen LogP) is 4.04. The Balaban J connectivity index is 1.17. The van der Waals surface area contributed by atoms with Gasteiger partial charge in [-0.15, -0.1) is 0 Å². The maximum Gasteiger partial charge on any atom is 0.245 e. The van der Waals surface area contributed by atoms with Crippen LogP contribution in [0.4, 0.5) is 0 Å². The predicted molar refractivity (Wildman–Crippen MR) is 127 cm³/mol. The minimum Gasteiger partial charge on any atom is -0.328 e. The number of fused-ring (bicyclic) bond motifs is 2. The quantitative estimate of drug-likeness (QED) is 0.480. The molecule has 3 aromatic rings. The molecule has 0 spiro atoms. The number of halogens is 1. The number of ketones is 2. The van der Waals surface area contributed by atoms with Gasteiger partial charge in [-0.05, 0) is 66.8 Å². The summed E-state index contributed by atoms with van der Waals surface area (Å²) in [5, 5.41) is 5.74. The molecule has 5 atom stereocenters. The van der Waals surface area contributed by atoms with E-state index < -0.39 is 0 Å². The molecule has 0 bridgehead atoms. The number of hydrogen-bond acceptors (Lipinski definition) is 5. The van der Waals surface area contributed by atoms with Crippen LogP contribution in [-0.4, -0.2) is 49.2 Å². The highest BCUT2D eigenvalue weighted by atomic mass is 35.5. The van der Waals surface area contributed by atoms with Crippen LogP contribution in [0.2, 0.25) is 5.02 Å². The van der Waals surface area contributed by atoms with E-state index >= 15 is 0 Å². The van der Waals surface area contributed by atoms with Gasteiger partial charge in [0.1, 0.15) is 12.2 Å². The summed E-state index contributed by atoms with van der Waals surface area (Å²) in [6.45, 7) is 1.43. The number of carbonyl (C=O) groups is 3. The molecule has 174 valence electrons. The van der Waals surface area contributed by atoms with E-state index in [2.05, 4.69) is 16.1 Å². The number of carbonyl (C=O) groups excluding carboxylic acids is 3. The van der Waals surface area contributed by atoms with Gasteiger partial charge in [0.2, 0.25) is 5.91 Å². The van der Waals surface area contributed by atoms with Crippen molar-refractivity contribution in [3.8, 4) is 0 Å². The van der Waals surface area contributed by atoms with Gasteiger partial charge < -0.3 is 4.90 Å². The molecule has 0 N–H and O–H groups in total. The first-order chi connectivity index (χ1) is 16.4. The zero-order valence-corrected chi connectivity index (χ0v) is 19.6. The topological polar surface area (TPSA) is 85.2 Å². The van der Waals surface area contributed by atoms with E-state index in [0.717, 1.165) is 24.3 Å². The molecule has 3 heterocycles. The van der Waals surface area contributed by atoms with Crippen LogP contribution in [0.15, 0.2) is 42.6 Å². The number of nitrogens with zero attached hydrogens (tertiary/aromatic N) is 4. The van der Waals surface area contributed by atoms with Crippen molar-refractivity contribution in [1.82, 2.24) is 19.7 Å². The zero-order valence-electron chi connectivity index (χ0n) is 18.9. The number of benzene rings is 1. The molecule has 1 saturated heterocycles. The Labute approximate surface area is 202 Å². The summed E-state index contributed by atoms with van der Waals surface area (Å²) in [6.07, 6.45) is 4.81. The second-order valence-electron chi connectivity index (χ2n) is 9.88. The van der Waals surface area contributed by atoms with Crippen LogP contribution in [0, 0.1) is 11.8 Å². The Morgan fingerprint density at radius 2 is 1.97 bits per heavy atom. The Morgan fingerprint density at radius 3 is 2.76 bits per heavy atom. The number of piperidine rings is 1. The molecular weight excluding hydrogens is 452 g/mol. The van der Waals surface area contributed by atoms with Crippen LogP contribution in [-0.2, 0) is 16.1 Å². The summed E-state index contributed by atoms with van der Waals surface area (Å²) in [4.78, 5) is 44.8. The van der Waals surface area contributed by atoms with Gasteiger partial charge in [-0.1, -0.05) is 23.7 Å². The lowest BCUT2D eigenvalue weighted by Gasteiger charge is -2.27. The highest BCUT2D eigenvalue weighted by Crippen LogP contribution is 2.52. The van der Waals surface area contributed by atoms with Crippen molar-refractivity contribution in [1.29, 1.82) is 0 Å². The van der Waals surface area contributed by atoms with Crippen LogP contribution in [0.5, 0.6) is 0 Å². The lowest BCUT2D eigenvalue weighted by Crippen LogP contribution is -2.44. The highest BCUT2D eigenvalue weighted by Gasteiger charge is 2.56. The van der Waals surface area contributed by atoms with Gasteiger partial charge in [0.05, 0.1) is 11.4 Å². The molecule has 6 rings (SSSR count). The fourth-order valence-electron chi connectivity index (χ4n) is 5.71. The molecule has 1 aromatic carbocycles. The van der Waals surface area contributed by atoms with Gasteiger partial charge in [-0.25, -0.2) is 9.67 Å². The number of amides is 1. The lowest BCUT2D eigenvalue weighted by atomic mass is 10.00. The fraction of sp³-hybridized carbons (Fsp3) is 0.423. The Hall–Kier alpha value is -3.06. The first-order valence-corrected chi connectivity index (χ1v) is 12.2. The summed E-state index contributed by atoms with van der Waals surface area (Å²) >= 11 is 6.13. The number of Topliss-reactive ketones (excluding diaryl/α,β-unsaturated/α-hetero) is 2. The van der Waals surface area contributed by atoms with Gasteiger partial charge in [0.15, 0.2) is 17.2 Å². The standard InChI is InChI=1S/C26H25ClN4O3/c1-14(32)25-19-6-3-7-28-26(19)30(29-25)13-24(34)31-21-10-17(21)11-22(31)23(33)12-16-9-20(16)15-4-2-5-18(27)8-15/h2-8,16-17,20-22H,9-13H2,1H3/t16-,17-,20-,21-,22+/m1/s1. The average Bonchev–Trinajstić information content (AvgIpc) is 3.69. The molecular formula is C26H25ClN4O3. The molecule has 3 fully saturated rings. The van der Waals surface area contributed by atoms with E-state index in [4.69, 9.17) is 11.6 Å². The Bertz CT molecular complexity index is 1330. The second-order valence-corrected chi connectivity index (χ2v) is 10.3. The molecule has 34 heavy (non-hydrogen) atoms. The largest absolute Gasteiger partial charge is 0.328 e. The van der Waals surface area contributed by atoms with Crippen LogP contribution < -0.4 is 0 Å². The molecule has 2 aromatic heterocycles. The van der Waals surface area contributed by atoms with E-state index in [1.807, 2.05) is 18.2 Å². The first kappa shape index (κ1) is 21.5. The number of pyridine rings is 1. The maximum atomic E-state index is 13.4. The summed E-state index contributed by atoms with van der Waals surface area (Å²) < 4.78 is 1.50. The van der Waals surface area contributed by atoms with E-state index in [0.29, 0.717) is 40.9 Å². The molecule has 2 aliphatic carbocycles. The molecule has 8 heteroatoms. The van der Waals surface area contributed by atoms with Crippen molar-refractivity contribution in [2.45, 2.75) is 57.2 Å². The van der Waals surface area contributed by atoms with Crippen LogP contribution >= 0.6 is 11.6 Å². The van der Waals surface area contributed by atoms with Gasteiger partial charge in [-0.3, -0.25) is 14.4 Å². The van der Waals surface area contributed by atoms with Gasteiger partial charge in [-0.2, -0.15) is 5.10 Å². The zero-order chi connectivity index (χ0) is 23.6. The number of likely N-dealkylation sites (tertiary alicyclic amines) is 1. The minimum atomic E-state index is -0.362. The Kier molecular flexibility index (Phi) is 5.06. The molecule has 0 radical (unpaired) electrons. The van der Waals surface area contributed by atoms with Gasteiger partial charge >= 0.3 is 0 Å². The monoisotopic (exact) mass is 476 g/mol. The van der Waals surface area contributed by atoms with Crippen molar-refractivity contribution in [2.75, 3.05) is 0 Å². The fourth-order valence-corrected chi connectivity index (χ4v) is 5.90. The molecule has 2 saturated carbocycles. The normalized spacial score (nSPS) is 27.0. The second kappa shape index (κ2) is 8.01. The lowest BCUT2D eigenvalue weighted by molar-refractivity contribution is -0.139.